The molecule has 3 heterocycles. The molecule has 0 saturated heterocycles. The highest BCUT2D eigenvalue weighted by Gasteiger charge is 2.32. The summed E-state index contributed by atoms with van der Waals surface area (Å²) in [5.41, 5.74) is 9.39. The Hall–Kier alpha value is -4.89. The van der Waals surface area contributed by atoms with E-state index in [0.29, 0.717) is 43.8 Å². The highest BCUT2D eigenvalue weighted by atomic mass is 16.5. The van der Waals surface area contributed by atoms with Crippen molar-refractivity contribution in [1.82, 2.24) is 24.2 Å². The predicted octanol–water partition coefficient (Wildman–Crippen LogP) is 7.70. The number of hydrogen-bond donors (Lipinski definition) is 0. The zero-order chi connectivity index (χ0) is 39.9. The zero-order valence-corrected chi connectivity index (χ0v) is 34.7. The molecule has 0 radical (unpaired) electrons. The monoisotopic (exact) mass is 759 g/mol. The van der Waals surface area contributed by atoms with Crippen LogP contribution in [0.2, 0.25) is 0 Å². The Morgan fingerprint density at radius 1 is 0.821 bits per heavy atom. The number of carbonyl (C=O) groups excluding carboxylic acids is 3. The number of nitrogens with zero attached hydrogens (tertiary/aromatic N) is 5. The van der Waals surface area contributed by atoms with Gasteiger partial charge in [-0.05, 0) is 112 Å². The normalized spacial score (nSPS) is 15.1. The molecule has 9 nitrogen and oxygen atoms in total. The summed E-state index contributed by atoms with van der Waals surface area (Å²) in [6, 6.07) is 22.4. The Morgan fingerprint density at radius 2 is 1.55 bits per heavy atom. The Balaban J connectivity index is 1.33. The highest BCUT2D eigenvalue weighted by Crippen LogP contribution is 2.36. The molecule has 1 aromatic heterocycles. The number of benzene rings is 3. The lowest BCUT2D eigenvalue weighted by molar-refractivity contribution is -0.131. The lowest BCUT2D eigenvalue weighted by Crippen LogP contribution is -2.43. The van der Waals surface area contributed by atoms with Crippen LogP contribution in [0.5, 0.6) is 5.75 Å². The predicted molar refractivity (Wildman–Crippen MR) is 224 cm³/mol. The Labute approximate surface area is 334 Å². The number of aromatic nitrogens is 1. The van der Waals surface area contributed by atoms with Gasteiger partial charge in [0.15, 0.2) is 0 Å². The largest absolute Gasteiger partial charge is 0.492 e. The van der Waals surface area contributed by atoms with Crippen LogP contribution in [-0.4, -0.2) is 94.8 Å². The van der Waals surface area contributed by atoms with Gasteiger partial charge in [-0.1, -0.05) is 63.1 Å². The molecule has 0 aliphatic carbocycles. The van der Waals surface area contributed by atoms with Crippen molar-refractivity contribution in [2.75, 3.05) is 46.9 Å². The summed E-state index contributed by atoms with van der Waals surface area (Å²) in [6.07, 6.45) is 5.73. The van der Waals surface area contributed by atoms with Gasteiger partial charge in [0.1, 0.15) is 12.4 Å². The molecule has 0 spiro atoms. The van der Waals surface area contributed by atoms with Gasteiger partial charge in [-0.2, -0.15) is 0 Å². The van der Waals surface area contributed by atoms with E-state index in [-0.39, 0.29) is 30.2 Å². The molecule has 0 unspecified atom stereocenters. The molecule has 2 aliphatic heterocycles. The first-order valence-corrected chi connectivity index (χ1v) is 20.6. The molecule has 4 aromatic rings. The molecule has 0 bridgehead atoms. The molecule has 0 N–H and O–H groups in total. The van der Waals surface area contributed by atoms with E-state index in [2.05, 4.69) is 54.5 Å². The number of unbranched alkanes of at least 4 members (excludes halogenated alkanes) is 2. The van der Waals surface area contributed by atoms with Gasteiger partial charge in [-0.3, -0.25) is 14.4 Å². The molecule has 6 rings (SSSR count). The van der Waals surface area contributed by atoms with Gasteiger partial charge in [0.2, 0.25) is 5.91 Å². The van der Waals surface area contributed by atoms with Crippen LogP contribution in [-0.2, 0) is 44.2 Å². The molecule has 298 valence electrons. The van der Waals surface area contributed by atoms with Crippen molar-refractivity contribution >= 4 is 17.7 Å². The Bertz CT molecular complexity index is 2020. The number of amides is 3. The second kappa shape index (κ2) is 18.4. The Morgan fingerprint density at radius 3 is 2.27 bits per heavy atom. The second-order valence-corrected chi connectivity index (χ2v) is 16.0. The summed E-state index contributed by atoms with van der Waals surface area (Å²) in [7, 11) is 6.03. The van der Waals surface area contributed by atoms with Crippen LogP contribution in [0.4, 0.5) is 0 Å². The molecule has 2 aliphatic rings. The summed E-state index contributed by atoms with van der Waals surface area (Å²) in [6.45, 7) is 12.9. The van der Waals surface area contributed by atoms with E-state index in [9.17, 15) is 14.4 Å². The number of carbonyl (C=O) groups is 3. The molecule has 56 heavy (non-hydrogen) atoms. The first-order valence-electron chi connectivity index (χ1n) is 20.6. The fourth-order valence-electron chi connectivity index (χ4n) is 8.05. The summed E-state index contributed by atoms with van der Waals surface area (Å²) >= 11 is 0. The van der Waals surface area contributed by atoms with Crippen molar-refractivity contribution in [3.63, 3.8) is 0 Å². The van der Waals surface area contributed by atoms with E-state index in [1.165, 1.54) is 11.1 Å². The minimum atomic E-state index is -0.0291. The van der Waals surface area contributed by atoms with E-state index in [1.54, 1.807) is 0 Å². The van der Waals surface area contributed by atoms with E-state index >= 15 is 0 Å². The van der Waals surface area contributed by atoms with Crippen LogP contribution in [0.3, 0.4) is 0 Å². The molecule has 1 atom stereocenters. The number of likely N-dealkylation sites (N-methyl/N-ethyl adjacent to an activating group) is 1. The van der Waals surface area contributed by atoms with Crippen molar-refractivity contribution in [1.29, 1.82) is 0 Å². The standard InChI is InChI=1S/C47H61N5O4/c1-8-10-20-50(21-11-9-2)46(54)41-30-44(49(7)34(41)4)42-28-37-19-22-51(45(53)27-35-15-14-18-40(26-35)56-24-23-48(5)6)31-39(37)29-43(42)47(55)52-32-38-17-13-12-16-36(38)25-33(52)3/h12-18,26,28-30,33H,8-11,19-25,27,31-32H2,1-7H3/t33-/m1/s1. The molecule has 0 fully saturated rings. The molecule has 3 aromatic carbocycles. The zero-order valence-electron chi connectivity index (χ0n) is 34.7. The van der Waals surface area contributed by atoms with E-state index < -0.39 is 0 Å². The maximum Gasteiger partial charge on any atom is 0.255 e. The fourth-order valence-corrected chi connectivity index (χ4v) is 8.05. The van der Waals surface area contributed by atoms with E-state index in [4.69, 9.17) is 4.74 Å². The van der Waals surface area contributed by atoms with Crippen molar-refractivity contribution in [3.8, 4) is 17.0 Å². The van der Waals surface area contributed by atoms with Gasteiger partial charge in [0.05, 0.1) is 12.0 Å². The molecule has 3 amide bonds. The van der Waals surface area contributed by atoms with Crippen LogP contribution in [0.15, 0.2) is 66.7 Å². The quantitative estimate of drug-likeness (QED) is 0.124. The number of fused-ring (bicyclic) bond motifs is 2. The maximum absolute atomic E-state index is 14.9. The average molecular weight is 760 g/mol. The van der Waals surface area contributed by atoms with E-state index in [1.807, 2.05) is 85.2 Å². The maximum atomic E-state index is 14.9. The smallest absolute Gasteiger partial charge is 0.255 e. The minimum absolute atomic E-state index is 0.0139. The highest BCUT2D eigenvalue weighted by molar-refractivity contribution is 6.03. The number of hydrogen-bond acceptors (Lipinski definition) is 5. The van der Waals surface area contributed by atoms with Gasteiger partial charge in [-0.15, -0.1) is 0 Å². The molecular weight excluding hydrogens is 699 g/mol. The first kappa shape index (κ1) is 40.8. The Kier molecular flexibility index (Phi) is 13.4. The lowest BCUT2D eigenvalue weighted by atomic mass is 9.89. The van der Waals surface area contributed by atoms with Crippen LogP contribution in [0.25, 0.3) is 11.3 Å². The van der Waals surface area contributed by atoms with Gasteiger partial charge < -0.3 is 28.9 Å². The van der Waals surface area contributed by atoms with Gasteiger partial charge >= 0.3 is 0 Å². The van der Waals surface area contributed by atoms with Crippen LogP contribution < -0.4 is 4.74 Å². The third kappa shape index (κ3) is 9.21. The van der Waals surface area contributed by atoms with Crippen LogP contribution in [0.1, 0.15) is 101 Å². The number of rotatable bonds is 15. The van der Waals surface area contributed by atoms with Gasteiger partial charge in [-0.25, -0.2) is 0 Å². The second-order valence-electron chi connectivity index (χ2n) is 16.0. The number of ether oxygens (including phenoxy) is 1. The molecule has 0 saturated carbocycles. The fraction of sp³-hybridized carbons (Fsp3) is 0.468. The lowest BCUT2D eigenvalue weighted by Gasteiger charge is -2.36. The van der Waals surface area contributed by atoms with Gasteiger partial charge in [0, 0.05) is 74.9 Å². The first-order chi connectivity index (χ1) is 27.0. The molecular formula is C47H61N5O4. The van der Waals surface area contributed by atoms with Crippen molar-refractivity contribution in [2.45, 2.75) is 91.8 Å². The summed E-state index contributed by atoms with van der Waals surface area (Å²) in [5.74, 6) is 0.842. The molecule has 9 heteroatoms. The summed E-state index contributed by atoms with van der Waals surface area (Å²) < 4.78 is 8.02. The topological polar surface area (TPSA) is 78.3 Å². The third-order valence-corrected chi connectivity index (χ3v) is 11.7. The minimum Gasteiger partial charge on any atom is -0.492 e. The van der Waals surface area contributed by atoms with Gasteiger partial charge in [0.25, 0.3) is 11.8 Å². The SMILES string of the molecule is CCCCN(CCCC)C(=O)c1cc(-c2cc3c(cc2C(=O)N2Cc4ccccc4C[C@H]2C)CN(C(=O)Cc2cccc(OCCN(C)C)c2)CC3)n(C)c1C. The average Bonchev–Trinajstić information content (AvgIpc) is 3.49. The van der Waals surface area contributed by atoms with Crippen molar-refractivity contribution in [2.24, 2.45) is 7.05 Å². The van der Waals surface area contributed by atoms with E-state index in [0.717, 1.165) is 91.1 Å². The summed E-state index contributed by atoms with van der Waals surface area (Å²) in [4.78, 5) is 50.9. The van der Waals surface area contributed by atoms with Crippen LogP contribution >= 0.6 is 0 Å². The third-order valence-electron chi connectivity index (χ3n) is 11.7. The van der Waals surface area contributed by atoms with Crippen molar-refractivity contribution < 1.29 is 19.1 Å². The summed E-state index contributed by atoms with van der Waals surface area (Å²) in [5, 5.41) is 0. The van der Waals surface area contributed by atoms with Crippen molar-refractivity contribution in [3.05, 3.63) is 111 Å². The van der Waals surface area contributed by atoms with Crippen LogP contribution in [0, 0.1) is 6.92 Å².